The minimum Gasteiger partial charge on any atom is -0.480 e. The summed E-state index contributed by atoms with van der Waals surface area (Å²) in [7, 11) is 0. The van der Waals surface area contributed by atoms with E-state index in [4.69, 9.17) is 11.5 Å². The molecule has 0 aromatic heterocycles. The van der Waals surface area contributed by atoms with E-state index in [0.29, 0.717) is 12.2 Å². The van der Waals surface area contributed by atoms with Crippen molar-refractivity contribution in [2.75, 3.05) is 12.0 Å². The normalized spacial score (nSPS) is 15.6. The molecule has 0 saturated heterocycles. The monoisotopic (exact) mass is 491 g/mol. The minimum atomic E-state index is -1.49. The van der Waals surface area contributed by atoms with Crippen LogP contribution >= 0.6 is 11.8 Å². The lowest BCUT2D eigenvalue weighted by atomic mass is 10.0. The Morgan fingerprint density at radius 1 is 0.909 bits per heavy atom. The van der Waals surface area contributed by atoms with Gasteiger partial charge in [-0.05, 0) is 44.1 Å². The fraction of sp³-hybridized carbons (Fsp3) is 0.750. The number of thioether (sulfide) groups is 1. The van der Waals surface area contributed by atoms with Crippen LogP contribution in [0.2, 0.25) is 0 Å². The number of hydrogen-bond donors (Lipinski definition) is 7. The fourth-order valence-corrected chi connectivity index (χ4v) is 3.33. The molecule has 0 aromatic rings. The van der Waals surface area contributed by atoms with E-state index in [1.54, 1.807) is 0 Å². The number of primary amides is 1. The van der Waals surface area contributed by atoms with Crippen LogP contribution in [0.15, 0.2) is 0 Å². The smallest absolute Gasteiger partial charge is 0.326 e. The SMILES string of the molecule is CSCCC(NC(=O)C(N)CC(C)C)C(=O)NC(C(=O)NC(CCC(N)=O)C(=O)O)C(C)O. The lowest BCUT2D eigenvalue weighted by Crippen LogP contribution is -2.60. The van der Waals surface area contributed by atoms with E-state index in [-0.39, 0.29) is 25.2 Å². The van der Waals surface area contributed by atoms with E-state index >= 15 is 0 Å². The van der Waals surface area contributed by atoms with Gasteiger partial charge >= 0.3 is 5.97 Å². The Bertz CT molecular complexity index is 690. The van der Waals surface area contributed by atoms with Gasteiger partial charge in [-0.3, -0.25) is 19.2 Å². The second-order valence-electron chi connectivity index (χ2n) is 8.21. The number of aliphatic hydroxyl groups is 1. The molecule has 9 N–H and O–H groups in total. The van der Waals surface area contributed by atoms with Crippen molar-refractivity contribution >= 4 is 41.4 Å². The number of rotatable bonds is 16. The Labute approximate surface area is 198 Å². The molecule has 0 rings (SSSR count). The molecule has 190 valence electrons. The van der Waals surface area contributed by atoms with Gasteiger partial charge in [-0.2, -0.15) is 11.8 Å². The fourth-order valence-electron chi connectivity index (χ4n) is 2.86. The highest BCUT2D eigenvalue weighted by Gasteiger charge is 2.32. The van der Waals surface area contributed by atoms with E-state index in [9.17, 15) is 34.2 Å². The lowest BCUT2D eigenvalue weighted by Gasteiger charge is -2.26. The molecule has 0 spiro atoms. The molecule has 0 radical (unpaired) electrons. The number of aliphatic hydroxyl groups excluding tert-OH is 1. The molecule has 0 aliphatic heterocycles. The van der Waals surface area contributed by atoms with Crippen LogP contribution in [-0.2, 0) is 24.0 Å². The Morgan fingerprint density at radius 3 is 1.94 bits per heavy atom. The summed E-state index contributed by atoms with van der Waals surface area (Å²) < 4.78 is 0. The van der Waals surface area contributed by atoms with Crippen molar-refractivity contribution in [3.63, 3.8) is 0 Å². The Kier molecular flexibility index (Phi) is 14.3. The highest BCUT2D eigenvalue weighted by molar-refractivity contribution is 7.98. The minimum absolute atomic E-state index is 0.171. The highest BCUT2D eigenvalue weighted by Crippen LogP contribution is 2.07. The molecule has 13 heteroatoms. The van der Waals surface area contributed by atoms with Crippen molar-refractivity contribution in [3.8, 4) is 0 Å². The summed E-state index contributed by atoms with van der Waals surface area (Å²) in [5.41, 5.74) is 10.9. The molecule has 0 aliphatic carbocycles. The molecular formula is C20H37N5O7S. The molecule has 33 heavy (non-hydrogen) atoms. The lowest BCUT2D eigenvalue weighted by molar-refractivity contribution is -0.143. The van der Waals surface area contributed by atoms with Crippen molar-refractivity contribution in [1.29, 1.82) is 0 Å². The van der Waals surface area contributed by atoms with E-state index in [0.717, 1.165) is 0 Å². The first kappa shape index (κ1) is 30.6. The first-order valence-electron chi connectivity index (χ1n) is 10.6. The molecule has 0 aromatic carbocycles. The first-order valence-corrected chi connectivity index (χ1v) is 12.0. The third-order valence-corrected chi connectivity index (χ3v) is 5.31. The van der Waals surface area contributed by atoms with Gasteiger partial charge in [-0.15, -0.1) is 0 Å². The van der Waals surface area contributed by atoms with Crippen LogP contribution in [0.1, 0.15) is 46.5 Å². The summed E-state index contributed by atoms with van der Waals surface area (Å²) in [6.07, 6.45) is 0.589. The summed E-state index contributed by atoms with van der Waals surface area (Å²) in [6, 6.07) is -4.76. The number of amides is 4. The second-order valence-corrected chi connectivity index (χ2v) is 9.20. The van der Waals surface area contributed by atoms with Gasteiger partial charge in [-0.1, -0.05) is 13.8 Å². The second kappa shape index (κ2) is 15.5. The van der Waals surface area contributed by atoms with Crippen LogP contribution in [0.3, 0.4) is 0 Å². The summed E-state index contributed by atoms with van der Waals surface area (Å²) in [4.78, 5) is 60.1. The summed E-state index contributed by atoms with van der Waals surface area (Å²) in [5, 5.41) is 26.4. The van der Waals surface area contributed by atoms with Crippen molar-refractivity contribution in [3.05, 3.63) is 0 Å². The molecule has 0 heterocycles. The van der Waals surface area contributed by atoms with E-state index < -0.39 is 59.9 Å². The van der Waals surface area contributed by atoms with Gasteiger partial charge in [0, 0.05) is 6.42 Å². The molecule has 5 atom stereocenters. The summed E-state index contributed by atoms with van der Waals surface area (Å²) in [5.74, 6) is -3.63. The maximum absolute atomic E-state index is 12.8. The predicted octanol–water partition coefficient (Wildman–Crippen LogP) is -1.70. The van der Waals surface area contributed by atoms with Crippen LogP contribution < -0.4 is 27.4 Å². The van der Waals surface area contributed by atoms with Crippen LogP contribution in [0.5, 0.6) is 0 Å². The van der Waals surface area contributed by atoms with Crippen LogP contribution in [0.25, 0.3) is 0 Å². The highest BCUT2D eigenvalue weighted by atomic mass is 32.2. The van der Waals surface area contributed by atoms with E-state index in [1.807, 2.05) is 20.1 Å². The molecule has 0 fully saturated rings. The van der Waals surface area contributed by atoms with E-state index in [2.05, 4.69) is 16.0 Å². The van der Waals surface area contributed by atoms with Gasteiger partial charge < -0.3 is 37.6 Å². The van der Waals surface area contributed by atoms with Gasteiger partial charge in [0.15, 0.2) is 0 Å². The number of nitrogens with two attached hydrogens (primary N) is 2. The molecular weight excluding hydrogens is 454 g/mol. The molecule has 0 saturated carbocycles. The maximum Gasteiger partial charge on any atom is 0.326 e. The van der Waals surface area contributed by atoms with Gasteiger partial charge in [-0.25, -0.2) is 4.79 Å². The topological polar surface area (TPSA) is 214 Å². The third kappa shape index (κ3) is 12.4. The molecule has 12 nitrogen and oxygen atoms in total. The maximum atomic E-state index is 12.8. The predicted molar refractivity (Wildman–Crippen MR) is 124 cm³/mol. The van der Waals surface area contributed by atoms with Gasteiger partial charge in [0.05, 0.1) is 12.1 Å². The largest absolute Gasteiger partial charge is 0.480 e. The number of carboxylic acids is 1. The Morgan fingerprint density at radius 2 is 1.48 bits per heavy atom. The van der Waals surface area contributed by atoms with E-state index in [1.165, 1.54) is 18.7 Å². The number of carbonyl (C=O) groups is 5. The molecule has 5 unspecified atom stereocenters. The average Bonchev–Trinajstić information content (AvgIpc) is 2.70. The standard InChI is InChI=1S/C20H37N5O7S/c1-10(2)9-12(21)17(28)23-13(7-8-33-4)18(29)25-16(11(3)26)19(30)24-14(20(31)32)5-6-15(22)27/h10-14,16,26H,5-9,21H2,1-4H3,(H2,22,27)(H,23,28)(H,24,30)(H,25,29)(H,31,32). The van der Waals surface area contributed by atoms with Crippen molar-refractivity contribution < 1.29 is 34.2 Å². The zero-order valence-corrected chi connectivity index (χ0v) is 20.3. The summed E-state index contributed by atoms with van der Waals surface area (Å²) in [6.45, 7) is 5.06. The van der Waals surface area contributed by atoms with Crippen LogP contribution in [-0.4, -0.2) is 82.1 Å². The number of hydrogen-bond acceptors (Lipinski definition) is 8. The Hall–Kier alpha value is -2.38. The van der Waals surface area contributed by atoms with Crippen molar-refractivity contribution in [2.45, 2.75) is 76.7 Å². The molecule has 0 aliphatic rings. The number of carboxylic acid groups (broad SMARTS) is 1. The van der Waals surface area contributed by atoms with Crippen LogP contribution in [0, 0.1) is 5.92 Å². The Balaban J connectivity index is 5.37. The third-order valence-electron chi connectivity index (χ3n) is 4.66. The molecule has 4 amide bonds. The van der Waals surface area contributed by atoms with Crippen molar-refractivity contribution in [1.82, 2.24) is 16.0 Å². The van der Waals surface area contributed by atoms with Gasteiger partial charge in [0.1, 0.15) is 18.1 Å². The number of carbonyl (C=O) groups excluding carboxylic acids is 4. The molecule has 0 bridgehead atoms. The quantitative estimate of drug-likeness (QED) is 0.131. The number of aliphatic carboxylic acids is 1. The average molecular weight is 492 g/mol. The van der Waals surface area contributed by atoms with Gasteiger partial charge in [0.25, 0.3) is 0 Å². The first-order chi connectivity index (χ1) is 15.3. The zero-order valence-electron chi connectivity index (χ0n) is 19.5. The van der Waals surface area contributed by atoms with Gasteiger partial charge in [0.2, 0.25) is 23.6 Å². The summed E-state index contributed by atoms with van der Waals surface area (Å²) >= 11 is 1.45. The zero-order chi connectivity index (χ0) is 25.7. The number of nitrogens with one attached hydrogen (secondary N) is 3. The van der Waals surface area contributed by atoms with Crippen LogP contribution in [0.4, 0.5) is 0 Å². The van der Waals surface area contributed by atoms with Crippen molar-refractivity contribution in [2.24, 2.45) is 17.4 Å².